The highest BCUT2D eigenvalue weighted by Crippen LogP contribution is 2.25. The molecular weight excluding hydrogens is 257 g/mol. The summed E-state index contributed by atoms with van der Waals surface area (Å²) in [5, 5.41) is 0. The fraction of sp³-hybridized carbons (Fsp3) is 0.333. The predicted molar refractivity (Wildman–Crippen MR) is 63.7 cm³/mol. The average Bonchev–Trinajstić information content (AvgIpc) is 2.22. The maximum absolute atomic E-state index is 13.0. The molecule has 0 bridgehead atoms. The largest absolute Gasteiger partial charge is 0.324 e. The molecule has 80 valence electrons. The van der Waals surface area contributed by atoms with Crippen LogP contribution in [0.1, 0.15) is 30.9 Å². The molecule has 2 N–H and O–H groups in total. The maximum Gasteiger partial charge on any atom is 0.123 e. The summed E-state index contributed by atoms with van der Waals surface area (Å²) in [6.45, 7) is 0. The van der Waals surface area contributed by atoms with Gasteiger partial charge in [0.15, 0.2) is 0 Å². The SMILES string of the molecule is C#CCCCC(N)c1cc(F)ccc1Br. The van der Waals surface area contributed by atoms with E-state index in [-0.39, 0.29) is 11.9 Å². The van der Waals surface area contributed by atoms with Gasteiger partial charge >= 0.3 is 0 Å². The maximum atomic E-state index is 13.0. The van der Waals surface area contributed by atoms with Crippen molar-refractivity contribution in [3.63, 3.8) is 0 Å². The monoisotopic (exact) mass is 269 g/mol. The van der Waals surface area contributed by atoms with Crippen LogP contribution in [-0.2, 0) is 0 Å². The Morgan fingerprint density at radius 2 is 2.27 bits per heavy atom. The van der Waals surface area contributed by atoms with Gasteiger partial charge in [0.2, 0.25) is 0 Å². The number of unbranched alkanes of at least 4 members (excludes halogenated alkanes) is 1. The molecule has 1 unspecified atom stereocenters. The van der Waals surface area contributed by atoms with E-state index in [1.165, 1.54) is 12.1 Å². The number of halogens is 2. The first-order chi connectivity index (χ1) is 7.15. The molecule has 3 heteroatoms. The Balaban J connectivity index is 2.69. The lowest BCUT2D eigenvalue weighted by atomic mass is 10.0. The van der Waals surface area contributed by atoms with Gasteiger partial charge in [-0.15, -0.1) is 12.3 Å². The minimum atomic E-state index is -0.263. The molecule has 0 radical (unpaired) electrons. The lowest BCUT2D eigenvalue weighted by Crippen LogP contribution is -2.11. The third-order valence-electron chi connectivity index (χ3n) is 2.19. The molecule has 1 aromatic carbocycles. The number of hydrogen-bond acceptors (Lipinski definition) is 1. The van der Waals surface area contributed by atoms with E-state index in [1.54, 1.807) is 6.07 Å². The van der Waals surface area contributed by atoms with Crippen molar-refractivity contribution >= 4 is 15.9 Å². The lowest BCUT2D eigenvalue weighted by molar-refractivity contribution is 0.596. The van der Waals surface area contributed by atoms with Gasteiger partial charge < -0.3 is 5.73 Å². The third kappa shape index (κ3) is 3.65. The van der Waals surface area contributed by atoms with Crippen molar-refractivity contribution in [1.82, 2.24) is 0 Å². The first-order valence-corrected chi connectivity index (χ1v) is 5.58. The zero-order valence-corrected chi connectivity index (χ0v) is 9.93. The van der Waals surface area contributed by atoms with Crippen molar-refractivity contribution in [2.45, 2.75) is 25.3 Å². The number of benzene rings is 1. The second-order valence-corrected chi connectivity index (χ2v) is 4.22. The van der Waals surface area contributed by atoms with Gasteiger partial charge in [0.05, 0.1) is 0 Å². The second kappa shape index (κ2) is 5.89. The molecule has 0 aliphatic heterocycles. The quantitative estimate of drug-likeness (QED) is 0.658. The number of terminal acetylenes is 1. The molecule has 1 atom stereocenters. The van der Waals surface area contributed by atoms with Gasteiger partial charge in [-0.05, 0) is 36.6 Å². The Morgan fingerprint density at radius 1 is 1.53 bits per heavy atom. The Hall–Kier alpha value is -0.850. The third-order valence-corrected chi connectivity index (χ3v) is 2.92. The van der Waals surface area contributed by atoms with E-state index in [4.69, 9.17) is 12.2 Å². The highest BCUT2D eigenvalue weighted by molar-refractivity contribution is 9.10. The summed E-state index contributed by atoms with van der Waals surface area (Å²) >= 11 is 3.35. The Morgan fingerprint density at radius 3 is 2.93 bits per heavy atom. The van der Waals surface area contributed by atoms with Gasteiger partial charge in [0, 0.05) is 16.9 Å². The van der Waals surface area contributed by atoms with Crippen LogP contribution < -0.4 is 5.73 Å². The highest BCUT2D eigenvalue weighted by atomic mass is 79.9. The fourth-order valence-electron chi connectivity index (χ4n) is 1.38. The summed E-state index contributed by atoms with van der Waals surface area (Å²) in [7, 11) is 0. The predicted octanol–water partition coefficient (Wildman–Crippen LogP) is 3.39. The van der Waals surface area contributed by atoms with E-state index in [0.29, 0.717) is 6.42 Å². The standard InChI is InChI=1S/C12H13BrFN/c1-2-3-4-5-12(15)10-8-9(14)6-7-11(10)13/h1,6-8,12H,3-5,15H2. The molecule has 0 saturated carbocycles. The minimum Gasteiger partial charge on any atom is -0.324 e. The molecule has 0 aliphatic rings. The normalized spacial score (nSPS) is 12.1. The summed E-state index contributed by atoms with van der Waals surface area (Å²) < 4.78 is 13.8. The molecule has 0 aromatic heterocycles. The fourth-order valence-corrected chi connectivity index (χ4v) is 1.92. The van der Waals surface area contributed by atoms with E-state index < -0.39 is 0 Å². The Kier molecular flexibility index (Phi) is 4.80. The van der Waals surface area contributed by atoms with Crippen molar-refractivity contribution in [1.29, 1.82) is 0 Å². The second-order valence-electron chi connectivity index (χ2n) is 3.37. The summed E-state index contributed by atoms with van der Waals surface area (Å²) in [5.74, 6) is 2.30. The van der Waals surface area contributed by atoms with Crippen LogP contribution >= 0.6 is 15.9 Å². The summed E-state index contributed by atoms with van der Waals surface area (Å²) in [6.07, 6.45) is 7.49. The van der Waals surface area contributed by atoms with Crippen LogP contribution in [-0.4, -0.2) is 0 Å². The number of rotatable bonds is 4. The van der Waals surface area contributed by atoms with Gasteiger partial charge in [-0.3, -0.25) is 0 Å². The van der Waals surface area contributed by atoms with E-state index in [2.05, 4.69) is 21.9 Å². The van der Waals surface area contributed by atoms with Crippen molar-refractivity contribution in [3.05, 3.63) is 34.1 Å². The average molecular weight is 270 g/mol. The van der Waals surface area contributed by atoms with Crippen molar-refractivity contribution in [2.75, 3.05) is 0 Å². The molecule has 1 rings (SSSR count). The first-order valence-electron chi connectivity index (χ1n) is 4.79. The van der Waals surface area contributed by atoms with Crippen LogP contribution in [0, 0.1) is 18.2 Å². The van der Waals surface area contributed by atoms with Crippen LogP contribution in [0.5, 0.6) is 0 Å². The van der Waals surface area contributed by atoms with Crippen LogP contribution in [0.25, 0.3) is 0 Å². The molecule has 0 fully saturated rings. The van der Waals surface area contributed by atoms with Gasteiger partial charge in [0.1, 0.15) is 5.82 Å². The smallest absolute Gasteiger partial charge is 0.123 e. The molecule has 0 aliphatic carbocycles. The lowest BCUT2D eigenvalue weighted by Gasteiger charge is -2.13. The van der Waals surface area contributed by atoms with E-state index >= 15 is 0 Å². The molecule has 0 heterocycles. The molecular formula is C12H13BrFN. The van der Waals surface area contributed by atoms with Crippen molar-refractivity contribution < 1.29 is 4.39 Å². The summed E-state index contributed by atoms with van der Waals surface area (Å²) in [5.41, 5.74) is 6.74. The van der Waals surface area contributed by atoms with Crippen LogP contribution in [0.15, 0.2) is 22.7 Å². The van der Waals surface area contributed by atoms with Gasteiger partial charge in [-0.2, -0.15) is 0 Å². The molecule has 1 nitrogen and oxygen atoms in total. The van der Waals surface area contributed by atoms with E-state index in [1.807, 2.05) is 0 Å². The van der Waals surface area contributed by atoms with E-state index in [0.717, 1.165) is 22.9 Å². The topological polar surface area (TPSA) is 26.0 Å². The highest BCUT2D eigenvalue weighted by Gasteiger charge is 2.10. The van der Waals surface area contributed by atoms with Crippen LogP contribution in [0.3, 0.4) is 0 Å². The zero-order chi connectivity index (χ0) is 11.3. The Bertz CT molecular complexity index is 370. The molecule has 0 saturated heterocycles. The van der Waals surface area contributed by atoms with Gasteiger partial charge in [-0.25, -0.2) is 4.39 Å². The number of hydrogen-bond donors (Lipinski definition) is 1. The summed E-state index contributed by atoms with van der Waals surface area (Å²) in [4.78, 5) is 0. The van der Waals surface area contributed by atoms with E-state index in [9.17, 15) is 4.39 Å². The Labute approximate surface area is 98.0 Å². The molecule has 0 spiro atoms. The molecule has 1 aromatic rings. The van der Waals surface area contributed by atoms with Gasteiger partial charge in [-0.1, -0.05) is 15.9 Å². The zero-order valence-electron chi connectivity index (χ0n) is 8.34. The molecule has 15 heavy (non-hydrogen) atoms. The summed E-state index contributed by atoms with van der Waals surface area (Å²) in [6, 6.07) is 4.38. The van der Waals surface area contributed by atoms with Crippen LogP contribution in [0.2, 0.25) is 0 Å². The number of nitrogens with two attached hydrogens (primary N) is 1. The van der Waals surface area contributed by atoms with Crippen molar-refractivity contribution in [2.24, 2.45) is 5.73 Å². The van der Waals surface area contributed by atoms with Crippen LogP contribution in [0.4, 0.5) is 4.39 Å². The molecule has 0 amide bonds. The first kappa shape index (κ1) is 12.2. The minimum absolute atomic E-state index is 0.163. The van der Waals surface area contributed by atoms with Gasteiger partial charge in [0.25, 0.3) is 0 Å². The van der Waals surface area contributed by atoms with Crippen molar-refractivity contribution in [3.8, 4) is 12.3 Å².